The highest BCUT2D eigenvalue weighted by Crippen LogP contribution is 2.13. The zero-order chi connectivity index (χ0) is 34.0. The number of rotatable bonds is 32. The normalized spacial score (nSPS) is 12.0. The Bertz CT molecular complexity index is 816. The Morgan fingerprint density at radius 1 is 0.413 bits per heavy atom. The summed E-state index contributed by atoms with van der Waals surface area (Å²) in [5.41, 5.74) is 0. The summed E-state index contributed by atoms with van der Waals surface area (Å²) in [6, 6.07) is 0. The first-order valence-corrected chi connectivity index (χ1v) is 18.9. The lowest BCUT2D eigenvalue weighted by Gasteiger charge is -2.03. The van der Waals surface area contributed by atoms with Gasteiger partial charge in [-0.2, -0.15) is 0 Å². The van der Waals surface area contributed by atoms with E-state index in [0.717, 1.165) is 38.5 Å². The number of hydrogen-bond acceptors (Lipinski definition) is 2. The van der Waals surface area contributed by atoms with Crippen LogP contribution in [0.25, 0.3) is 0 Å². The molecule has 0 aliphatic carbocycles. The van der Waals surface area contributed by atoms with Crippen LogP contribution < -0.4 is 0 Å². The fourth-order valence-electron chi connectivity index (χ4n) is 4.88. The van der Waals surface area contributed by atoms with Crippen molar-refractivity contribution in [3.05, 3.63) is 72.9 Å². The largest absolute Gasteiger partial charge is 0.481 e. The summed E-state index contributed by atoms with van der Waals surface area (Å²) in [6.45, 7) is 4.51. The van der Waals surface area contributed by atoms with Crippen LogP contribution in [-0.2, 0) is 9.59 Å². The lowest BCUT2D eigenvalue weighted by molar-refractivity contribution is -0.137. The molecular formula is C42H72O4. The molecule has 0 aromatic rings. The van der Waals surface area contributed by atoms with E-state index < -0.39 is 11.9 Å². The Kier molecular flexibility index (Phi) is 41.9. The lowest BCUT2D eigenvalue weighted by atomic mass is 10.0. The Morgan fingerprint density at radius 3 is 1.20 bits per heavy atom. The van der Waals surface area contributed by atoms with Crippen molar-refractivity contribution in [1.29, 1.82) is 0 Å². The second-order valence-electron chi connectivity index (χ2n) is 12.2. The zero-order valence-electron chi connectivity index (χ0n) is 30.0. The van der Waals surface area contributed by atoms with Gasteiger partial charge in [-0.15, -0.1) is 0 Å². The Labute approximate surface area is 284 Å². The third-order valence-electron chi connectivity index (χ3n) is 7.68. The van der Waals surface area contributed by atoms with Crippen molar-refractivity contribution < 1.29 is 19.8 Å². The second kappa shape index (κ2) is 42.4. The van der Waals surface area contributed by atoms with E-state index in [0.29, 0.717) is 0 Å². The van der Waals surface area contributed by atoms with Gasteiger partial charge in [0.25, 0.3) is 0 Å². The van der Waals surface area contributed by atoms with Crippen LogP contribution in [0.2, 0.25) is 0 Å². The summed E-state index contributed by atoms with van der Waals surface area (Å²) in [5.74, 6) is -1.59. The minimum absolute atomic E-state index is 0.262. The molecule has 0 rings (SSSR count). The van der Waals surface area contributed by atoms with Crippen LogP contribution in [-0.4, -0.2) is 22.2 Å². The minimum Gasteiger partial charge on any atom is -0.481 e. The first-order chi connectivity index (χ1) is 22.5. The van der Waals surface area contributed by atoms with Gasteiger partial charge in [0.2, 0.25) is 0 Å². The first-order valence-electron chi connectivity index (χ1n) is 18.9. The number of carbonyl (C=O) groups is 2. The summed E-state index contributed by atoms with van der Waals surface area (Å²) in [4.78, 5) is 20.6. The minimum atomic E-state index is -0.883. The van der Waals surface area contributed by atoms with Crippen LogP contribution in [0.4, 0.5) is 0 Å². The predicted molar refractivity (Wildman–Crippen MR) is 202 cm³/mol. The van der Waals surface area contributed by atoms with Gasteiger partial charge in [0, 0.05) is 12.5 Å². The van der Waals surface area contributed by atoms with Gasteiger partial charge in [-0.1, -0.05) is 183 Å². The van der Waals surface area contributed by atoms with Gasteiger partial charge in [0.05, 0.1) is 0 Å². The summed E-state index contributed by atoms with van der Waals surface area (Å²) in [7, 11) is 0. The molecule has 0 aromatic heterocycles. The highest BCUT2D eigenvalue weighted by molar-refractivity contribution is 5.80. The molecule has 0 spiro atoms. The number of allylic oxidation sites excluding steroid dienone is 11. The third-order valence-corrected chi connectivity index (χ3v) is 7.68. The van der Waals surface area contributed by atoms with Crippen LogP contribution in [0.15, 0.2) is 72.9 Å². The van der Waals surface area contributed by atoms with Gasteiger partial charge in [0.15, 0.2) is 0 Å². The molecule has 0 unspecified atom stereocenters. The van der Waals surface area contributed by atoms with E-state index >= 15 is 0 Å². The molecule has 4 nitrogen and oxygen atoms in total. The van der Waals surface area contributed by atoms with Gasteiger partial charge in [-0.25, -0.2) is 4.79 Å². The van der Waals surface area contributed by atoms with Crippen molar-refractivity contribution in [3.8, 4) is 0 Å². The monoisotopic (exact) mass is 641 g/mol. The molecule has 0 saturated heterocycles. The fourth-order valence-corrected chi connectivity index (χ4v) is 4.88. The van der Waals surface area contributed by atoms with Crippen molar-refractivity contribution in [2.24, 2.45) is 0 Å². The quantitative estimate of drug-likeness (QED) is 0.0332. The standard InChI is InChI=1S/C22H40O2.C20H32O2/c1-2-3-4-5-6-7-8-9-10-11-12-13-14-15-16-17-18-19-20-21-22(23)24;1-2-3-4-5-6-7-8-9-10-11-12-13-14-15-16-17-18-19-20(21)22/h18-21H,2-17H2,1H3,(H,23,24);6-7,9-10,12-13,15-16H,2-5,8,11,14,17-19H2,1H3,(H,21,22)/b19-18+,21-20+;7-6-,10-9-,13-12-,16-15-. The number of carboxylic acid groups (broad SMARTS) is 2. The maximum atomic E-state index is 10.3. The SMILES string of the molecule is CCCCC/C=C\C/C=C\C/C=C\C/C=C\CCCC(=O)O.CCCCCCCCCCCCCCCCC/C=C/C=C/C(=O)O. The highest BCUT2D eigenvalue weighted by Gasteiger charge is 1.94. The summed E-state index contributed by atoms with van der Waals surface area (Å²) in [5, 5.41) is 16.9. The van der Waals surface area contributed by atoms with Crippen LogP contribution in [0.1, 0.15) is 181 Å². The predicted octanol–water partition coefficient (Wildman–Crippen LogP) is 13.7. The molecule has 0 fully saturated rings. The van der Waals surface area contributed by atoms with Gasteiger partial charge in [-0.05, 0) is 57.8 Å². The molecule has 0 aromatic carbocycles. The van der Waals surface area contributed by atoms with Crippen LogP contribution in [0.5, 0.6) is 0 Å². The van der Waals surface area contributed by atoms with Crippen molar-refractivity contribution in [3.63, 3.8) is 0 Å². The Hall–Kier alpha value is -2.62. The average molecular weight is 641 g/mol. The highest BCUT2D eigenvalue weighted by atomic mass is 16.4. The lowest BCUT2D eigenvalue weighted by Crippen LogP contribution is -1.92. The molecule has 0 radical (unpaired) electrons. The molecule has 0 atom stereocenters. The molecule has 0 bridgehead atoms. The molecule has 4 heteroatoms. The van der Waals surface area contributed by atoms with Gasteiger partial charge >= 0.3 is 11.9 Å². The second-order valence-corrected chi connectivity index (χ2v) is 12.2. The fraction of sp³-hybridized carbons (Fsp3) is 0.667. The molecule has 2 N–H and O–H groups in total. The molecule has 0 aliphatic heterocycles. The molecule has 0 aliphatic rings. The summed E-state index contributed by atoms with van der Waals surface area (Å²) in [6.07, 6.45) is 55.9. The molecule has 0 amide bonds. The Balaban J connectivity index is 0. The maximum absolute atomic E-state index is 10.3. The van der Waals surface area contributed by atoms with Gasteiger partial charge in [-0.3, -0.25) is 4.79 Å². The zero-order valence-corrected chi connectivity index (χ0v) is 30.0. The Morgan fingerprint density at radius 2 is 0.761 bits per heavy atom. The summed E-state index contributed by atoms with van der Waals surface area (Å²) >= 11 is 0. The number of hydrogen-bond donors (Lipinski definition) is 2. The molecular weight excluding hydrogens is 568 g/mol. The summed E-state index contributed by atoms with van der Waals surface area (Å²) < 4.78 is 0. The van der Waals surface area contributed by atoms with Gasteiger partial charge in [0.1, 0.15) is 0 Å². The van der Waals surface area contributed by atoms with E-state index in [-0.39, 0.29) is 6.42 Å². The number of aliphatic carboxylic acids is 2. The average Bonchev–Trinajstić information content (AvgIpc) is 3.03. The van der Waals surface area contributed by atoms with Crippen LogP contribution in [0, 0.1) is 0 Å². The van der Waals surface area contributed by atoms with Crippen LogP contribution >= 0.6 is 0 Å². The van der Waals surface area contributed by atoms with E-state index in [1.807, 2.05) is 6.08 Å². The molecule has 264 valence electrons. The molecule has 0 heterocycles. The van der Waals surface area contributed by atoms with E-state index in [2.05, 4.69) is 68.5 Å². The van der Waals surface area contributed by atoms with Crippen molar-refractivity contribution in [2.45, 2.75) is 181 Å². The molecule has 0 saturated carbocycles. The van der Waals surface area contributed by atoms with E-state index in [4.69, 9.17) is 10.2 Å². The van der Waals surface area contributed by atoms with Gasteiger partial charge < -0.3 is 10.2 Å². The van der Waals surface area contributed by atoms with Crippen molar-refractivity contribution >= 4 is 11.9 Å². The van der Waals surface area contributed by atoms with E-state index in [9.17, 15) is 9.59 Å². The van der Waals surface area contributed by atoms with E-state index in [1.165, 1.54) is 128 Å². The van der Waals surface area contributed by atoms with E-state index in [1.54, 1.807) is 6.08 Å². The molecule has 46 heavy (non-hydrogen) atoms. The smallest absolute Gasteiger partial charge is 0.328 e. The third kappa shape index (κ3) is 48.3. The van der Waals surface area contributed by atoms with Crippen LogP contribution in [0.3, 0.4) is 0 Å². The first kappa shape index (κ1) is 45.5. The number of unbranched alkanes of at least 4 members (excludes halogenated alkanes) is 19. The topological polar surface area (TPSA) is 74.6 Å². The number of carboxylic acids is 2. The maximum Gasteiger partial charge on any atom is 0.328 e. The van der Waals surface area contributed by atoms with Crippen molar-refractivity contribution in [2.75, 3.05) is 0 Å². The van der Waals surface area contributed by atoms with Crippen molar-refractivity contribution in [1.82, 2.24) is 0 Å².